The minimum absolute atomic E-state index is 0.832. The average molecular weight is 329 g/mol. The molecule has 0 unspecified atom stereocenters. The van der Waals surface area contributed by atoms with Crippen LogP contribution in [0.5, 0.6) is 5.75 Å². The molecule has 130 valence electrons. The molecule has 2 aromatic carbocycles. The van der Waals surface area contributed by atoms with Gasteiger partial charge in [0.2, 0.25) is 0 Å². The second-order valence-corrected chi connectivity index (χ2v) is 7.20. The van der Waals surface area contributed by atoms with Crippen LogP contribution in [-0.2, 0) is 0 Å². The number of rotatable bonds is 8. The number of likely N-dealkylation sites (N-methyl/N-ethyl adjacent to an activating group) is 1. The van der Waals surface area contributed by atoms with Gasteiger partial charge in [-0.15, -0.1) is 0 Å². The Kier molecular flexibility index (Phi) is 6.50. The highest BCUT2D eigenvalue weighted by atomic mass is 16.5. The molecule has 3 heteroatoms. The van der Waals surface area contributed by atoms with Gasteiger partial charge >= 0.3 is 0 Å². The molecule has 1 aliphatic heterocycles. The zero-order valence-corrected chi connectivity index (χ0v) is 15.0. The molecule has 0 aliphatic carbocycles. The van der Waals surface area contributed by atoms with Crippen molar-refractivity contribution in [2.75, 3.05) is 46.4 Å². The zero-order valence-electron chi connectivity index (χ0n) is 15.0. The summed E-state index contributed by atoms with van der Waals surface area (Å²) in [6, 6.07) is 14.8. The van der Waals surface area contributed by atoms with Crippen molar-refractivity contribution in [2.24, 2.45) is 0 Å². The Morgan fingerprint density at radius 3 is 2.46 bits per heavy atom. The fraction of sp³-hybridized carbons (Fsp3) is 0.524. The first-order chi connectivity index (χ1) is 11.8. The molecular weight excluding hydrogens is 296 g/mol. The maximum absolute atomic E-state index is 6.02. The third-order valence-corrected chi connectivity index (χ3v) is 5.24. The molecule has 1 saturated heterocycles. The van der Waals surface area contributed by atoms with Gasteiger partial charge in [0.05, 0.1) is 20.2 Å². The number of ether oxygens (including phenoxy) is 1. The molecule has 1 aliphatic rings. The molecule has 0 spiro atoms. The lowest BCUT2D eigenvalue weighted by atomic mass is 10.1. The van der Waals surface area contributed by atoms with E-state index in [9.17, 15) is 0 Å². The zero-order chi connectivity index (χ0) is 16.6. The molecule has 3 rings (SSSR count). The van der Waals surface area contributed by atoms with E-state index in [-0.39, 0.29) is 0 Å². The van der Waals surface area contributed by atoms with E-state index in [1.54, 1.807) is 4.90 Å². The van der Waals surface area contributed by atoms with Gasteiger partial charge in [-0.2, -0.15) is 0 Å². The lowest BCUT2D eigenvalue weighted by molar-refractivity contribution is -1.00. The molecule has 24 heavy (non-hydrogen) atoms. The summed E-state index contributed by atoms with van der Waals surface area (Å²) in [4.78, 5) is 3.51. The normalized spacial score (nSPS) is 21.0. The minimum Gasteiger partial charge on any atom is -0.493 e. The van der Waals surface area contributed by atoms with Crippen molar-refractivity contribution < 1.29 is 14.5 Å². The molecule has 2 N–H and O–H groups in total. The molecule has 0 aromatic heterocycles. The van der Waals surface area contributed by atoms with Gasteiger partial charge in [-0.25, -0.2) is 0 Å². The summed E-state index contributed by atoms with van der Waals surface area (Å²) in [5, 5.41) is 2.48. The molecule has 3 nitrogen and oxygen atoms in total. The first-order valence-corrected chi connectivity index (χ1v) is 9.58. The quantitative estimate of drug-likeness (QED) is 0.697. The molecule has 0 amide bonds. The van der Waals surface area contributed by atoms with E-state index in [0.29, 0.717) is 0 Å². The van der Waals surface area contributed by atoms with Gasteiger partial charge < -0.3 is 14.5 Å². The second-order valence-electron chi connectivity index (χ2n) is 7.20. The van der Waals surface area contributed by atoms with Crippen molar-refractivity contribution >= 4 is 10.8 Å². The van der Waals surface area contributed by atoms with Gasteiger partial charge in [0.15, 0.2) is 0 Å². The van der Waals surface area contributed by atoms with Crippen molar-refractivity contribution in [3.63, 3.8) is 0 Å². The highest BCUT2D eigenvalue weighted by Gasteiger charge is 2.18. The average Bonchev–Trinajstić information content (AvgIpc) is 2.62. The van der Waals surface area contributed by atoms with Gasteiger partial charge in [-0.3, -0.25) is 0 Å². The maximum atomic E-state index is 6.02. The summed E-state index contributed by atoms with van der Waals surface area (Å²) >= 11 is 0. The van der Waals surface area contributed by atoms with Crippen LogP contribution in [0, 0.1) is 0 Å². The molecule has 0 saturated carbocycles. The Morgan fingerprint density at radius 1 is 0.833 bits per heavy atom. The van der Waals surface area contributed by atoms with Crippen molar-refractivity contribution in [1.82, 2.24) is 0 Å². The van der Waals surface area contributed by atoms with Crippen LogP contribution in [0.3, 0.4) is 0 Å². The van der Waals surface area contributed by atoms with Crippen molar-refractivity contribution in [1.29, 1.82) is 0 Å². The highest BCUT2D eigenvalue weighted by molar-refractivity contribution is 5.88. The van der Waals surface area contributed by atoms with Crippen molar-refractivity contribution in [2.45, 2.75) is 25.7 Å². The number of benzene rings is 2. The Labute approximate surface area is 146 Å². The first-order valence-electron chi connectivity index (χ1n) is 9.58. The van der Waals surface area contributed by atoms with Crippen LogP contribution in [0.4, 0.5) is 0 Å². The SMILES string of the molecule is C[NH+]1CC[NH+](CCCCCCOc2cccc3ccccc23)CC1. The van der Waals surface area contributed by atoms with Crippen LogP contribution >= 0.6 is 0 Å². The summed E-state index contributed by atoms with van der Waals surface area (Å²) < 4.78 is 6.02. The number of hydrogen-bond donors (Lipinski definition) is 2. The standard InChI is InChI=1S/C21H30N2O/c1-22-14-16-23(17-15-22)13-6-2-3-7-18-24-21-12-8-10-19-9-4-5-11-20(19)21/h4-5,8-12H,2-3,6-7,13-18H2,1H3/p+2. The van der Waals surface area contributed by atoms with Crippen LogP contribution < -0.4 is 14.5 Å². The van der Waals surface area contributed by atoms with Gasteiger partial charge in [-0.05, 0) is 37.1 Å². The number of unbranched alkanes of at least 4 members (excludes halogenated alkanes) is 3. The topological polar surface area (TPSA) is 18.1 Å². The summed E-state index contributed by atoms with van der Waals surface area (Å²) in [5.74, 6) is 1.03. The van der Waals surface area contributed by atoms with Crippen LogP contribution in [0.1, 0.15) is 25.7 Å². The van der Waals surface area contributed by atoms with Crippen molar-refractivity contribution in [3.05, 3.63) is 42.5 Å². The van der Waals surface area contributed by atoms with Crippen LogP contribution in [-0.4, -0.2) is 46.4 Å². The summed E-state index contributed by atoms with van der Waals surface area (Å²) in [6.45, 7) is 7.59. The Bertz CT molecular complexity index is 615. The Balaban J connectivity index is 1.30. The third kappa shape index (κ3) is 4.96. The summed E-state index contributed by atoms with van der Waals surface area (Å²) in [7, 11) is 2.31. The number of nitrogens with one attached hydrogen (secondary N) is 2. The van der Waals surface area contributed by atoms with E-state index < -0.39 is 0 Å². The first kappa shape index (κ1) is 17.2. The van der Waals surface area contributed by atoms with E-state index in [0.717, 1.165) is 18.8 Å². The Hall–Kier alpha value is -1.58. The predicted molar refractivity (Wildman–Crippen MR) is 100 cm³/mol. The third-order valence-electron chi connectivity index (χ3n) is 5.24. The van der Waals surface area contributed by atoms with Crippen LogP contribution in [0.25, 0.3) is 10.8 Å². The lowest BCUT2D eigenvalue weighted by Gasteiger charge is -2.27. The molecule has 1 heterocycles. The number of piperazine rings is 1. The van der Waals surface area contributed by atoms with E-state index in [4.69, 9.17) is 4.74 Å². The highest BCUT2D eigenvalue weighted by Crippen LogP contribution is 2.25. The summed E-state index contributed by atoms with van der Waals surface area (Å²) in [5.41, 5.74) is 0. The van der Waals surface area contributed by atoms with E-state index >= 15 is 0 Å². The second kappa shape index (κ2) is 9.05. The minimum atomic E-state index is 0.832. The number of hydrogen-bond acceptors (Lipinski definition) is 1. The number of quaternary nitrogens is 2. The monoisotopic (exact) mass is 328 g/mol. The van der Waals surface area contributed by atoms with Gasteiger partial charge in [0, 0.05) is 5.39 Å². The fourth-order valence-corrected chi connectivity index (χ4v) is 3.61. The smallest absolute Gasteiger partial charge is 0.127 e. The maximum Gasteiger partial charge on any atom is 0.127 e. The van der Waals surface area contributed by atoms with E-state index in [1.165, 1.54) is 62.8 Å². The Morgan fingerprint density at radius 2 is 1.58 bits per heavy atom. The van der Waals surface area contributed by atoms with Gasteiger partial charge in [0.25, 0.3) is 0 Å². The lowest BCUT2D eigenvalue weighted by Crippen LogP contribution is -3.27. The molecule has 1 fully saturated rings. The van der Waals surface area contributed by atoms with Gasteiger partial charge in [-0.1, -0.05) is 36.4 Å². The number of fused-ring (bicyclic) bond motifs is 1. The van der Waals surface area contributed by atoms with Crippen molar-refractivity contribution in [3.8, 4) is 5.75 Å². The largest absolute Gasteiger partial charge is 0.493 e. The van der Waals surface area contributed by atoms with E-state index in [2.05, 4.69) is 49.5 Å². The molecular formula is C21H32N2O+2. The van der Waals surface area contributed by atoms with Crippen LogP contribution in [0.2, 0.25) is 0 Å². The molecule has 0 bridgehead atoms. The van der Waals surface area contributed by atoms with Crippen LogP contribution in [0.15, 0.2) is 42.5 Å². The molecule has 2 aromatic rings. The molecule has 0 radical (unpaired) electrons. The molecule has 0 atom stereocenters. The fourth-order valence-electron chi connectivity index (χ4n) is 3.61. The van der Waals surface area contributed by atoms with Gasteiger partial charge in [0.1, 0.15) is 31.9 Å². The predicted octanol–water partition coefficient (Wildman–Crippen LogP) is 1.19. The summed E-state index contributed by atoms with van der Waals surface area (Å²) in [6.07, 6.45) is 5.14. The van der Waals surface area contributed by atoms with E-state index in [1.807, 2.05) is 4.90 Å².